The summed E-state index contributed by atoms with van der Waals surface area (Å²) in [7, 11) is 2.90. The van der Waals surface area contributed by atoms with Crippen molar-refractivity contribution in [1.29, 1.82) is 0 Å². The smallest absolute Gasteiger partial charge is 0.167 e. The van der Waals surface area contributed by atoms with E-state index in [-0.39, 0.29) is 73.4 Å². The second-order valence-electron chi connectivity index (χ2n) is 12.7. The number of hydrogen-bond acceptors (Lipinski definition) is 20. The van der Waals surface area contributed by atoms with E-state index >= 15 is 0 Å². The Balaban J connectivity index is 1.11. The Morgan fingerprint density at radius 2 is 0.641 bits per heavy atom. The maximum atomic E-state index is 10.4. The highest BCUT2D eigenvalue weighted by molar-refractivity contribution is 5.92. The van der Waals surface area contributed by atoms with Gasteiger partial charge in [0.2, 0.25) is 0 Å². The minimum Gasteiger partial charge on any atom is -0.504 e. The molecule has 0 saturated carbocycles. The third-order valence-corrected chi connectivity index (χ3v) is 8.35. The average Bonchev–Trinajstić information content (AvgIpc) is 3.29. The molecule has 0 aliphatic rings. The van der Waals surface area contributed by atoms with Gasteiger partial charge < -0.3 is 69.1 Å². The van der Waals surface area contributed by atoms with Crippen molar-refractivity contribution in [2.45, 2.75) is 12.8 Å². The highest BCUT2D eigenvalue weighted by Gasteiger charge is 2.13. The van der Waals surface area contributed by atoms with Gasteiger partial charge in [0, 0.05) is 33.4 Å². The molecule has 0 amide bonds. The first-order valence-corrected chi connectivity index (χ1v) is 19.1. The maximum absolute atomic E-state index is 10.4. The van der Waals surface area contributed by atoms with Gasteiger partial charge in [0.1, 0.15) is 0 Å². The summed E-state index contributed by atoms with van der Waals surface area (Å²) in [4.78, 5) is 30.8. The zero-order chi connectivity index (χ0) is 46.1. The summed E-state index contributed by atoms with van der Waals surface area (Å²) < 4.78 is 10.4. The first-order valence-electron chi connectivity index (χ1n) is 19.1. The van der Waals surface area contributed by atoms with E-state index in [4.69, 9.17) is 38.5 Å². The fraction of sp³-hybridized carbons (Fsp3) is 0.227. The number of ether oxygens (including phenoxy) is 2. The Morgan fingerprint density at radius 1 is 0.391 bits per heavy atom. The van der Waals surface area contributed by atoms with Gasteiger partial charge in [-0.2, -0.15) is 0 Å². The third-order valence-electron chi connectivity index (χ3n) is 8.35. The molecule has 0 atom stereocenters. The van der Waals surface area contributed by atoms with Crippen molar-refractivity contribution in [3.05, 3.63) is 118 Å². The lowest BCUT2D eigenvalue weighted by atomic mass is 10.1. The molecule has 4 aromatic carbocycles. The number of phenolic OH excluding ortho intramolecular Hbond substituents is 6. The molecule has 64 heavy (non-hydrogen) atoms. The summed E-state index contributed by atoms with van der Waals surface area (Å²) in [6.07, 6.45) is 12.0. The van der Waals surface area contributed by atoms with E-state index in [1.165, 1.54) is 75.8 Å². The van der Waals surface area contributed by atoms with Gasteiger partial charge in [-0.1, -0.05) is 43.1 Å². The van der Waals surface area contributed by atoms with E-state index in [9.17, 15) is 30.6 Å². The van der Waals surface area contributed by atoms with Crippen LogP contribution in [-0.4, -0.2) is 122 Å². The SMILES string of the molecule is C=CCc1cc(/C=N/OCCO/N=C/c2ccc(/C=N/OCCO/N=C/c3ccc(/C=N/OCCO/N=C/c4cc(CC=C)cc(OC)c4O)c(O)c3O)c(O)c2O)c(O)c(OC)c1. The summed E-state index contributed by atoms with van der Waals surface area (Å²) in [6.45, 7) is 7.37. The predicted molar refractivity (Wildman–Crippen MR) is 238 cm³/mol. The summed E-state index contributed by atoms with van der Waals surface area (Å²) in [6, 6.07) is 12.7. The molecule has 4 rings (SSSR count). The summed E-state index contributed by atoms with van der Waals surface area (Å²) >= 11 is 0. The van der Waals surface area contributed by atoms with Gasteiger partial charge in [-0.05, 0) is 72.5 Å². The molecule has 0 unspecified atom stereocenters. The Bertz CT molecular complexity index is 2200. The minimum absolute atomic E-state index is 0.00612. The zero-order valence-electron chi connectivity index (χ0n) is 34.9. The minimum atomic E-state index is -0.474. The van der Waals surface area contributed by atoms with E-state index in [1.54, 1.807) is 36.4 Å². The molecule has 0 saturated heterocycles. The largest absolute Gasteiger partial charge is 0.504 e. The fourth-order valence-electron chi connectivity index (χ4n) is 5.20. The quantitative estimate of drug-likeness (QED) is 0.0140. The van der Waals surface area contributed by atoms with Crippen LogP contribution in [-0.2, 0) is 41.9 Å². The Hall–Kier alpha value is -8.42. The van der Waals surface area contributed by atoms with Crippen LogP contribution in [0.15, 0.2) is 105 Å². The molecule has 338 valence electrons. The Kier molecular flexibility index (Phi) is 19.6. The molecule has 6 N–H and O–H groups in total. The number of oxime groups is 6. The molecule has 4 aromatic rings. The lowest BCUT2D eigenvalue weighted by molar-refractivity contribution is 0.0552. The standard InChI is InChI=1S/C44H48N6O14/c1-5-7-29-19-35(39(51)37(21-29)57-3)27-49-63-17-15-61-47-25-33-11-9-31(41(53)43(33)55)23-45-59-13-14-60-46-24-32-10-12-34(44(56)42(32)54)26-48-62-16-18-64-50-28-36-20-30(8-6-2)22-38(58-4)40(36)52/h5-6,9-12,19-28,51-56H,1-2,7-8,13-18H2,3-4H3/b45-23+,46-24+,47-25+,48-26+,49-27+,50-28+. The summed E-state index contributed by atoms with van der Waals surface area (Å²) in [5.41, 5.74) is 3.17. The molecular weight excluding hydrogens is 837 g/mol. The van der Waals surface area contributed by atoms with E-state index in [1.807, 2.05) is 0 Å². The molecule has 0 aliphatic heterocycles. The van der Waals surface area contributed by atoms with Crippen molar-refractivity contribution in [1.82, 2.24) is 0 Å². The van der Waals surface area contributed by atoms with E-state index in [0.29, 0.717) is 35.5 Å². The van der Waals surface area contributed by atoms with Crippen molar-refractivity contribution in [3.63, 3.8) is 0 Å². The Morgan fingerprint density at radius 3 is 0.875 bits per heavy atom. The molecule has 0 fully saturated rings. The van der Waals surface area contributed by atoms with Crippen LogP contribution < -0.4 is 9.47 Å². The van der Waals surface area contributed by atoms with Crippen molar-refractivity contribution in [2.75, 3.05) is 53.9 Å². The van der Waals surface area contributed by atoms with Crippen LogP contribution in [0.2, 0.25) is 0 Å². The normalized spacial score (nSPS) is 11.6. The van der Waals surface area contributed by atoms with Gasteiger partial charge in [0.25, 0.3) is 0 Å². The lowest BCUT2D eigenvalue weighted by Gasteiger charge is -2.08. The molecule has 0 spiro atoms. The van der Waals surface area contributed by atoms with Crippen molar-refractivity contribution >= 4 is 37.3 Å². The van der Waals surface area contributed by atoms with Crippen LogP contribution in [0.25, 0.3) is 0 Å². The number of allylic oxidation sites excluding steroid dienone is 2. The first kappa shape index (κ1) is 48.2. The van der Waals surface area contributed by atoms with E-state index < -0.39 is 23.0 Å². The predicted octanol–water partition coefficient (Wildman–Crippen LogP) is 5.60. The number of rotatable bonds is 27. The molecule has 20 nitrogen and oxygen atoms in total. The number of phenols is 6. The number of methoxy groups -OCH3 is 2. The number of hydrogen-bond donors (Lipinski definition) is 6. The average molecular weight is 885 g/mol. The van der Waals surface area contributed by atoms with E-state index in [0.717, 1.165) is 11.1 Å². The molecule has 0 heterocycles. The van der Waals surface area contributed by atoms with Gasteiger partial charge in [-0.15, -0.1) is 13.2 Å². The van der Waals surface area contributed by atoms with E-state index in [2.05, 4.69) is 44.1 Å². The van der Waals surface area contributed by atoms with Gasteiger partial charge >= 0.3 is 0 Å². The highest BCUT2D eigenvalue weighted by Crippen LogP contribution is 2.33. The number of benzene rings is 4. The highest BCUT2D eigenvalue weighted by atomic mass is 16.7. The van der Waals surface area contributed by atoms with Gasteiger partial charge in [0.15, 0.2) is 85.6 Å². The van der Waals surface area contributed by atoms with Crippen LogP contribution >= 0.6 is 0 Å². The molecule has 0 radical (unpaired) electrons. The first-order chi connectivity index (χ1) is 31.1. The second-order valence-corrected chi connectivity index (χ2v) is 12.7. The number of aromatic hydroxyl groups is 6. The van der Waals surface area contributed by atoms with Crippen LogP contribution in [0.1, 0.15) is 44.5 Å². The molecular formula is C44H48N6O14. The second kappa shape index (κ2) is 26.0. The monoisotopic (exact) mass is 884 g/mol. The fourth-order valence-corrected chi connectivity index (χ4v) is 5.20. The van der Waals surface area contributed by atoms with Crippen molar-refractivity contribution in [3.8, 4) is 46.0 Å². The van der Waals surface area contributed by atoms with Crippen molar-refractivity contribution < 1.29 is 69.1 Å². The molecule has 0 bridgehead atoms. The van der Waals surface area contributed by atoms with Crippen LogP contribution in [0.3, 0.4) is 0 Å². The summed E-state index contributed by atoms with van der Waals surface area (Å²) in [5.74, 6) is -1.45. The Labute approximate surface area is 367 Å². The molecule has 0 aromatic heterocycles. The van der Waals surface area contributed by atoms with Gasteiger partial charge in [-0.3, -0.25) is 0 Å². The maximum Gasteiger partial charge on any atom is 0.167 e. The number of nitrogens with zero attached hydrogens (tertiary/aromatic N) is 6. The summed E-state index contributed by atoms with van der Waals surface area (Å²) in [5, 5.41) is 84.8. The lowest BCUT2D eigenvalue weighted by Crippen LogP contribution is -1.99. The van der Waals surface area contributed by atoms with Crippen molar-refractivity contribution in [2.24, 2.45) is 30.9 Å². The third kappa shape index (κ3) is 14.6. The van der Waals surface area contributed by atoms with Crippen LogP contribution in [0.5, 0.6) is 46.0 Å². The molecule has 20 heteroatoms. The van der Waals surface area contributed by atoms with Crippen LogP contribution in [0.4, 0.5) is 0 Å². The van der Waals surface area contributed by atoms with Crippen LogP contribution in [0, 0.1) is 0 Å². The van der Waals surface area contributed by atoms with Gasteiger partial charge in [0.05, 0.1) is 51.5 Å². The van der Waals surface area contributed by atoms with Gasteiger partial charge in [-0.25, -0.2) is 0 Å². The zero-order valence-corrected chi connectivity index (χ0v) is 34.9. The topological polar surface area (TPSA) is 269 Å². The molecule has 0 aliphatic carbocycles.